The van der Waals surface area contributed by atoms with E-state index >= 15 is 0 Å². The Hall–Kier alpha value is -1.67. The van der Waals surface area contributed by atoms with Gasteiger partial charge in [-0.15, -0.1) is 0 Å². The predicted octanol–water partition coefficient (Wildman–Crippen LogP) is 3.44. The second-order valence-corrected chi connectivity index (χ2v) is 5.96. The van der Waals surface area contributed by atoms with Crippen LogP contribution < -0.4 is 5.32 Å². The highest BCUT2D eigenvalue weighted by Gasteiger charge is 2.42. The smallest absolute Gasteiger partial charge is 0.159 e. The molecule has 104 valence electrons. The monoisotopic (exact) mass is 267 g/mol. The second kappa shape index (κ2) is 5.02. The predicted molar refractivity (Wildman–Crippen MR) is 83.0 cm³/mol. The summed E-state index contributed by atoms with van der Waals surface area (Å²) in [5, 5.41) is 5.60. The molecular weight excluding hydrogens is 246 g/mol. The first-order chi connectivity index (χ1) is 9.66. The van der Waals surface area contributed by atoms with Gasteiger partial charge in [-0.2, -0.15) is 0 Å². The number of fused-ring (bicyclic) bond motifs is 1. The Morgan fingerprint density at radius 3 is 2.70 bits per heavy atom. The number of carbonyl (C=O) groups is 1. The van der Waals surface area contributed by atoms with Crippen LogP contribution in [0.15, 0.2) is 42.5 Å². The van der Waals surface area contributed by atoms with Gasteiger partial charge in [0, 0.05) is 0 Å². The van der Waals surface area contributed by atoms with E-state index in [1.54, 1.807) is 0 Å². The minimum atomic E-state index is -0.368. The zero-order chi connectivity index (χ0) is 14.2. The lowest BCUT2D eigenvalue weighted by molar-refractivity contribution is -0.128. The third kappa shape index (κ3) is 1.95. The SMILES string of the molecule is CNC1CCCC(C)(c2cccc3ccccc23)C1=O. The van der Waals surface area contributed by atoms with E-state index in [9.17, 15) is 4.79 Å². The van der Waals surface area contributed by atoms with Gasteiger partial charge in [0.25, 0.3) is 0 Å². The van der Waals surface area contributed by atoms with Gasteiger partial charge in [-0.25, -0.2) is 0 Å². The van der Waals surface area contributed by atoms with E-state index in [0.29, 0.717) is 5.78 Å². The zero-order valence-electron chi connectivity index (χ0n) is 12.1. The standard InChI is InChI=1S/C18H21NO/c1-18(12-6-11-16(19-2)17(18)20)15-10-5-8-13-7-3-4-9-14(13)15/h3-5,7-10,16,19H,6,11-12H2,1-2H3. The average molecular weight is 267 g/mol. The maximum atomic E-state index is 12.9. The third-order valence-corrected chi connectivity index (χ3v) is 4.76. The third-order valence-electron chi connectivity index (χ3n) is 4.76. The minimum absolute atomic E-state index is 0.00674. The quantitative estimate of drug-likeness (QED) is 0.903. The molecule has 0 bridgehead atoms. The summed E-state index contributed by atoms with van der Waals surface area (Å²) in [6.45, 7) is 2.11. The molecule has 2 unspecified atom stereocenters. The first-order valence-corrected chi connectivity index (χ1v) is 7.36. The molecule has 0 aromatic heterocycles. The Morgan fingerprint density at radius 1 is 1.15 bits per heavy atom. The fraction of sp³-hybridized carbons (Fsp3) is 0.389. The van der Waals surface area contributed by atoms with Gasteiger partial charge in [0.2, 0.25) is 0 Å². The molecule has 3 rings (SSSR count). The summed E-state index contributed by atoms with van der Waals surface area (Å²) in [5.74, 6) is 0.336. The summed E-state index contributed by atoms with van der Waals surface area (Å²) >= 11 is 0. The first-order valence-electron chi connectivity index (χ1n) is 7.36. The van der Waals surface area contributed by atoms with Crippen LogP contribution in [0.3, 0.4) is 0 Å². The van der Waals surface area contributed by atoms with Crippen molar-refractivity contribution in [1.29, 1.82) is 0 Å². The summed E-state index contributed by atoms with van der Waals surface area (Å²) in [7, 11) is 1.89. The largest absolute Gasteiger partial charge is 0.311 e. The molecule has 2 atom stereocenters. The first kappa shape index (κ1) is 13.3. The number of rotatable bonds is 2. The summed E-state index contributed by atoms with van der Waals surface area (Å²) < 4.78 is 0. The second-order valence-electron chi connectivity index (χ2n) is 5.96. The van der Waals surface area contributed by atoms with Crippen molar-refractivity contribution in [3.63, 3.8) is 0 Å². The molecule has 0 saturated heterocycles. The highest BCUT2D eigenvalue weighted by atomic mass is 16.1. The van der Waals surface area contributed by atoms with E-state index in [1.165, 1.54) is 16.3 Å². The molecule has 1 N–H and O–H groups in total. The molecule has 2 aromatic rings. The summed E-state index contributed by atoms with van der Waals surface area (Å²) in [6, 6.07) is 14.7. The van der Waals surface area contributed by atoms with E-state index < -0.39 is 0 Å². The highest BCUT2D eigenvalue weighted by molar-refractivity contribution is 5.99. The number of carbonyl (C=O) groups excluding carboxylic acids is 1. The summed E-state index contributed by atoms with van der Waals surface area (Å²) in [4.78, 5) is 12.9. The van der Waals surface area contributed by atoms with E-state index in [1.807, 2.05) is 13.1 Å². The number of hydrogen-bond donors (Lipinski definition) is 1. The summed E-state index contributed by atoms with van der Waals surface area (Å²) in [6.07, 6.45) is 2.99. The van der Waals surface area contributed by atoms with Crippen LogP contribution in [-0.2, 0) is 10.2 Å². The normalized spacial score (nSPS) is 26.9. The van der Waals surface area contributed by atoms with Crippen LogP contribution in [0.4, 0.5) is 0 Å². The van der Waals surface area contributed by atoms with Crippen molar-refractivity contribution in [2.45, 2.75) is 37.6 Å². The Kier molecular flexibility index (Phi) is 3.35. The van der Waals surface area contributed by atoms with Crippen LogP contribution in [0.2, 0.25) is 0 Å². The lowest BCUT2D eigenvalue weighted by atomic mass is 9.67. The Balaban J connectivity index is 2.16. The molecule has 2 aromatic carbocycles. The van der Waals surface area contributed by atoms with Crippen molar-refractivity contribution in [1.82, 2.24) is 5.32 Å². The molecule has 0 spiro atoms. The zero-order valence-corrected chi connectivity index (χ0v) is 12.1. The van der Waals surface area contributed by atoms with Crippen LogP contribution in [-0.4, -0.2) is 18.9 Å². The number of ketones is 1. The molecular formula is C18H21NO. The van der Waals surface area contributed by atoms with E-state index in [4.69, 9.17) is 0 Å². The van der Waals surface area contributed by atoms with E-state index in [0.717, 1.165) is 19.3 Å². The molecule has 2 nitrogen and oxygen atoms in total. The fourth-order valence-corrected chi connectivity index (χ4v) is 3.55. The van der Waals surface area contributed by atoms with Crippen LogP contribution in [0.1, 0.15) is 31.7 Å². The molecule has 0 amide bonds. The van der Waals surface area contributed by atoms with E-state index in [2.05, 4.69) is 48.6 Å². The van der Waals surface area contributed by atoms with Gasteiger partial charge in [0.1, 0.15) is 0 Å². The van der Waals surface area contributed by atoms with Crippen LogP contribution in [0.25, 0.3) is 10.8 Å². The summed E-state index contributed by atoms with van der Waals surface area (Å²) in [5.41, 5.74) is 0.813. The van der Waals surface area contributed by atoms with Gasteiger partial charge < -0.3 is 5.32 Å². The number of benzene rings is 2. The van der Waals surface area contributed by atoms with Gasteiger partial charge >= 0.3 is 0 Å². The van der Waals surface area contributed by atoms with Crippen LogP contribution in [0, 0.1) is 0 Å². The van der Waals surface area contributed by atoms with Crippen LogP contribution in [0.5, 0.6) is 0 Å². The Labute approximate surface area is 120 Å². The highest BCUT2D eigenvalue weighted by Crippen LogP contribution is 2.39. The van der Waals surface area contributed by atoms with Crippen molar-refractivity contribution in [3.8, 4) is 0 Å². The van der Waals surface area contributed by atoms with Gasteiger partial charge in [-0.05, 0) is 43.1 Å². The maximum Gasteiger partial charge on any atom is 0.159 e. The lowest BCUT2D eigenvalue weighted by Gasteiger charge is -2.37. The topological polar surface area (TPSA) is 29.1 Å². The molecule has 1 fully saturated rings. The fourth-order valence-electron chi connectivity index (χ4n) is 3.55. The molecule has 1 saturated carbocycles. The molecule has 1 aliphatic rings. The molecule has 2 heteroatoms. The number of likely N-dealkylation sites (N-methyl/N-ethyl adjacent to an activating group) is 1. The Morgan fingerprint density at radius 2 is 1.90 bits per heavy atom. The number of Topliss-reactive ketones (excluding diaryl/α,β-unsaturated/α-hetero) is 1. The van der Waals surface area contributed by atoms with Gasteiger partial charge in [0.15, 0.2) is 5.78 Å². The van der Waals surface area contributed by atoms with Gasteiger partial charge in [-0.3, -0.25) is 4.79 Å². The number of nitrogens with one attached hydrogen (secondary N) is 1. The number of hydrogen-bond acceptors (Lipinski definition) is 2. The van der Waals surface area contributed by atoms with Gasteiger partial charge in [-0.1, -0.05) is 48.9 Å². The van der Waals surface area contributed by atoms with Crippen molar-refractivity contribution >= 4 is 16.6 Å². The minimum Gasteiger partial charge on any atom is -0.311 e. The Bertz CT molecular complexity index is 643. The van der Waals surface area contributed by atoms with Crippen molar-refractivity contribution < 1.29 is 4.79 Å². The molecule has 20 heavy (non-hydrogen) atoms. The molecule has 0 radical (unpaired) electrons. The van der Waals surface area contributed by atoms with Crippen molar-refractivity contribution in [3.05, 3.63) is 48.0 Å². The van der Waals surface area contributed by atoms with Crippen molar-refractivity contribution in [2.75, 3.05) is 7.05 Å². The molecule has 0 heterocycles. The van der Waals surface area contributed by atoms with Crippen LogP contribution >= 0.6 is 0 Å². The molecule has 0 aliphatic heterocycles. The molecule has 1 aliphatic carbocycles. The maximum absolute atomic E-state index is 12.9. The lowest BCUT2D eigenvalue weighted by Crippen LogP contribution is -2.49. The van der Waals surface area contributed by atoms with Gasteiger partial charge in [0.05, 0.1) is 11.5 Å². The van der Waals surface area contributed by atoms with E-state index in [-0.39, 0.29) is 11.5 Å². The average Bonchev–Trinajstić information content (AvgIpc) is 2.49. The van der Waals surface area contributed by atoms with Crippen molar-refractivity contribution in [2.24, 2.45) is 0 Å².